The first kappa shape index (κ1) is 16.5. The SMILES string of the molecule is [CH2]CCCCCC/C=C/CCC/C=C/CCC. The van der Waals surface area contributed by atoms with E-state index in [1.807, 2.05) is 0 Å². The van der Waals surface area contributed by atoms with Crippen molar-refractivity contribution in [2.75, 3.05) is 0 Å². The lowest BCUT2D eigenvalue weighted by molar-refractivity contribution is 0.651. The number of unbranched alkanes of at least 4 members (excludes halogenated alkanes) is 8. The van der Waals surface area contributed by atoms with Gasteiger partial charge in [0.05, 0.1) is 0 Å². The second kappa shape index (κ2) is 15.5. The number of rotatable bonds is 12. The van der Waals surface area contributed by atoms with Crippen LogP contribution in [0, 0.1) is 6.92 Å². The number of allylic oxidation sites excluding steroid dienone is 4. The topological polar surface area (TPSA) is 0 Å². The molecule has 0 N–H and O–H groups in total. The third kappa shape index (κ3) is 15.5. The van der Waals surface area contributed by atoms with Crippen LogP contribution in [-0.2, 0) is 0 Å². The zero-order valence-corrected chi connectivity index (χ0v) is 11.8. The molecule has 17 heavy (non-hydrogen) atoms. The first-order valence-electron chi connectivity index (χ1n) is 7.51. The van der Waals surface area contributed by atoms with Crippen LogP contribution in [0.2, 0.25) is 0 Å². The monoisotopic (exact) mass is 235 g/mol. The average molecular weight is 235 g/mol. The molecule has 0 aromatic carbocycles. The summed E-state index contributed by atoms with van der Waals surface area (Å²) in [6.45, 7) is 6.09. The van der Waals surface area contributed by atoms with Gasteiger partial charge in [-0.1, -0.05) is 70.3 Å². The highest BCUT2D eigenvalue weighted by Crippen LogP contribution is 2.06. The Bertz CT molecular complexity index is 176. The van der Waals surface area contributed by atoms with E-state index in [-0.39, 0.29) is 0 Å². The maximum absolute atomic E-state index is 3.86. The van der Waals surface area contributed by atoms with Gasteiger partial charge < -0.3 is 0 Å². The number of hydrogen-bond acceptors (Lipinski definition) is 0. The molecule has 0 nitrogen and oxygen atoms in total. The van der Waals surface area contributed by atoms with Crippen molar-refractivity contribution < 1.29 is 0 Å². The van der Waals surface area contributed by atoms with E-state index in [1.54, 1.807) is 0 Å². The first-order valence-corrected chi connectivity index (χ1v) is 7.51. The van der Waals surface area contributed by atoms with E-state index in [4.69, 9.17) is 0 Å². The number of hydrogen-bond donors (Lipinski definition) is 0. The molecule has 0 saturated heterocycles. The van der Waals surface area contributed by atoms with Crippen molar-refractivity contribution in [1.29, 1.82) is 0 Å². The maximum atomic E-state index is 3.86. The molecule has 1 radical (unpaired) electrons. The Morgan fingerprint density at radius 1 is 0.647 bits per heavy atom. The molecule has 99 valence electrons. The average Bonchev–Trinajstić information content (AvgIpc) is 2.35. The van der Waals surface area contributed by atoms with Crippen molar-refractivity contribution in [2.45, 2.75) is 77.6 Å². The second-order valence-corrected chi connectivity index (χ2v) is 4.72. The van der Waals surface area contributed by atoms with Crippen LogP contribution < -0.4 is 0 Å². The zero-order chi connectivity index (χ0) is 12.6. The summed E-state index contributed by atoms with van der Waals surface area (Å²) in [5, 5.41) is 0. The van der Waals surface area contributed by atoms with Gasteiger partial charge in [0.2, 0.25) is 0 Å². The van der Waals surface area contributed by atoms with Gasteiger partial charge >= 0.3 is 0 Å². The van der Waals surface area contributed by atoms with Crippen LogP contribution in [0.3, 0.4) is 0 Å². The highest BCUT2D eigenvalue weighted by atomic mass is 13.9. The maximum Gasteiger partial charge on any atom is -0.0348 e. The lowest BCUT2D eigenvalue weighted by Gasteiger charge is -1.96. The summed E-state index contributed by atoms with van der Waals surface area (Å²) in [6.07, 6.45) is 23.4. The molecule has 0 aromatic heterocycles. The van der Waals surface area contributed by atoms with E-state index in [1.165, 1.54) is 64.2 Å². The lowest BCUT2D eigenvalue weighted by Crippen LogP contribution is -1.76. The van der Waals surface area contributed by atoms with Gasteiger partial charge in [-0.25, -0.2) is 0 Å². The molecule has 0 amide bonds. The predicted octanol–water partition coefficient (Wildman–Crippen LogP) is 6.24. The highest BCUT2D eigenvalue weighted by molar-refractivity contribution is 4.85. The van der Waals surface area contributed by atoms with Gasteiger partial charge in [0, 0.05) is 0 Å². The minimum atomic E-state index is 1.10. The Labute approximate surface area is 109 Å². The summed E-state index contributed by atoms with van der Waals surface area (Å²) in [5.41, 5.74) is 0. The Morgan fingerprint density at radius 2 is 1.18 bits per heavy atom. The second-order valence-electron chi connectivity index (χ2n) is 4.72. The first-order chi connectivity index (χ1) is 8.41. The Balaban J connectivity index is 3.09. The summed E-state index contributed by atoms with van der Waals surface area (Å²) < 4.78 is 0. The highest BCUT2D eigenvalue weighted by Gasteiger charge is 1.86. The molecule has 0 fully saturated rings. The summed E-state index contributed by atoms with van der Waals surface area (Å²) in [5.74, 6) is 0. The Hall–Kier alpha value is -0.520. The summed E-state index contributed by atoms with van der Waals surface area (Å²) >= 11 is 0. The molecule has 0 bridgehead atoms. The van der Waals surface area contributed by atoms with Crippen molar-refractivity contribution in [2.24, 2.45) is 0 Å². The molecule has 0 aliphatic rings. The van der Waals surface area contributed by atoms with E-state index in [2.05, 4.69) is 38.2 Å². The molecule has 0 spiro atoms. The van der Waals surface area contributed by atoms with Gasteiger partial charge in [0.1, 0.15) is 0 Å². The van der Waals surface area contributed by atoms with Gasteiger partial charge in [0.25, 0.3) is 0 Å². The van der Waals surface area contributed by atoms with Crippen LogP contribution in [0.5, 0.6) is 0 Å². The molecule has 0 unspecified atom stereocenters. The minimum absolute atomic E-state index is 1.10. The molecule has 0 atom stereocenters. The van der Waals surface area contributed by atoms with Gasteiger partial charge in [-0.15, -0.1) is 0 Å². The molecular formula is C17H31. The van der Waals surface area contributed by atoms with E-state index >= 15 is 0 Å². The van der Waals surface area contributed by atoms with Crippen molar-refractivity contribution in [3.63, 3.8) is 0 Å². The molecule has 0 heterocycles. The Morgan fingerprint density at radius 3 is 1.76 bits per heavy atom. The van der Waals surface area contributed by atoms with Crippen LogP contribution >= 0.6 is 0 Å². The minimum Gasteiger partial charge on any atom is -0.0885 e. The molecule has 0 rings (SSSR count). The van der Waals surface area contributed by atoms with Crippen molar-refractivity contribution in [3.8, 4) is 0 Å². The fourth-order valence-electron chi connectivity index (χ4n) is 1.78. The summed E-state index contributed by atoms with van der Waals surface area (Å²) in [6, 6.07) is 0. The van der Waals surface area contributed by atoms with Crippen molar-refractivity contribution in [3.05, 3.63) is 31.2 Å². The van der Waals surface area contributed by atoms with Gasteiger partial charge in [0.15, 0.2) is 0 Å². The normalized spacial score (nSPS) is 11.9. The summed E-state index contributed by atoms with van der Waals surface area (Å²) in [7, 11) is 0. The molecule has 0 aliphatic carbocycles. The van der Waals surface area contributed by atoms with Gasteiger partial charge in [-0.2, -0.15) is 0 Å². The molecule has 0 aliphatic heterocycles. The molecule has 0 aromatic rings. The molecule has 0 saturated carbocycles. The largest absolute Gasteiger partial charge is 0.0885 e. The van der Waals surface area contributed by atoms with Crippen LogP contribution in [-0.4, -0.2) is 0 Å². The third-order valence-corrected chi connectivity index (χ3v) is 2.90. The van der Waals surface area contributed by atoms with Crippen LogP contribution in [0.25, 0.3) is 0 Å². The van der Waals surface area contributed by atoms with E-state index in [9.17, 15) is 0 Å². The standard InChI is InChI=1S/C17H31/c1-3-5-7-9-11-13-15-17-16-14-12-10-8-6-4-2/h8,10,15,17H,1,3-7,9,11-14,16H2,2H3/b10-8+,17-15+. The smallest absolute Gasteiger partial charge is 0.0348 e. The van der Waals surface area contributed by atoms with Crippen LogP contribution in [0.4, 0.5) is 0 Å². The van der Waals surface area contributed by atoms with Crippen LogP contribution in [0.1, 0.15) is 77.6 Å². The molecule has 0 heteroatoms. The Kier molecular flexibility index (Phi) is 15.0. The zero-order valence-electron chi connectivity index (χ0n) is 11.8. The van der Waals surface area contributed by atoms with Crippen molar-refractivity contribution >= 4 is 0 Å². The van der Waals surface area contributed by atoms with Gasteiger partial charge in [-0.05, 0) is 38.5 Å². The van der Waals surface area contributed by atoms with Crippen LogP contribution in [0.15, 0.2) is 24.3 Å². The quantitative estimate of drug-likeness (QED) is 0.277. The lowest BCUT2D eigenvalue weighted by atomic mass is 10.1. The fourth-order valence-corrected chi connectivity index (χ4v) is 1.78. The predicted molar refractivity (Wildman–Crippen MR) is 80.1 cm³/mol. The van der Waals surface area contributed by atoms with E-state index < -0.39 is 0 Å². The van der Waals surface area contributed by atoms with Gasteiger partial charge in [-0.3, -0.25) is 0 Å². The van der Waals surface area contributed by atoms with E-state index in [0.717, 1.165) is 6.42 Å². The third-order valence-electron chi connectivity index (χ3n) is 2.90. The summed E-state index contributed by atoms with van der Waals surface area (Å²) in [4.78, 5) is 0. The molecular weight excluding hydrogens is 204 g/mol. The fraction of sp³-hybridized carbons (Fsp3) is 0.706. The van der Waals surface area contributed by atoms with E-state index in [0.29, 0.717) is 0 Å². The van der Waals surface area contributed by atoms with Crippen molar-refractivity contribution in [1.82, 2.24) is 0 Å².